The molecular formula is C31H31F2N5O4S. The number of piperidine rings is 1. The third kappa shape index (κ3) is 4.88. The van der Waals surface area contributed by atoms with E-state index in [1.165, 1.54) is 35.6 Å². The standard InChI is InChI=1S/C31H31F2N5O4S/c1-16(24-10-18(14-43-24)27(34)35)37-29(41)23-11-30(15-42-2)12-25(30)38(23)26(39)13-36-28(40)17-7-8-22-20(9-17)19-5-3-4-6-21(19)31(22,32)33/h3-10,14,16,23,25H,11-13,15H2,1-2H3,(H3,34,35)(H,36,40)(H,37,41)/t16-,23+,25+,30-/m1/s1. The molecule has 2 aromatic carbocycles. The van der Waals surface area contributed by atoms with Crippen molar-refractivity contribution in [2.75, 3.05) is 20.3 Å². The summed E-state index contributed by atoms with van der Waals surface area (Å²) in [5.41, 5.74) is 6.38. The number of methoxy groups -OCH3 is 1. The lowest BCUT2D eigenvalue weighted by Gasteiger charge is -2.28. The summed E-state index contributed by atoms with van der Waals surface area (Å²) in [6.07, 6.45) is 1.14. The van der Waals surface area contributed by atoms with E-state index in [0.717, 1.165) is 4.88 Å². The highest BCUT2D eigenvalue weighted by molar-refractivity contribution is 7.10. The van der Waals surface area contributed by atoms with E-state index in [1.54, 1.807) is 41.7 Å². The van der Waals surface area contributed by atoms with Gasteiger partial charge in [-0.1, -0.05) is 30.3 Å². The molecule has 12 heteroatoms. The number of alkyl halides is 2. The van der Waals surface area contributed by atoms with Crippen molar-refractivity contribution in [2.24, 2.45) is 11.1 Å². The van der Waals surface area contributed by atoms with Gasteiger partial charge in [0, 0.05) is 51.1 Å². The number of likely N-dealkylation sites (tertiary alicyclic amines) is 1. The number of halogens is 2. The van der Waals surface area contributed by atoms with Gasteiger partial charge < -0.3 is 26.0 Å². The quantitative estimate of drug-likeness (QED) is 0.217. The van der Waals surface area contributed by atoms with Gasteiger partial charge in [-0.2, -0.15) is 8.78 Å². The van der Waals surface area contributed by atoms with Gasteiger partial charge in [-0.05, 0) is 49.1 Å². The predicted molar refractivity (Wildman–Crippen MR) is 157 cm³/mol. The number of nitrogens with zero attached hydrogens (tertiary/aromatic N) is 1. The Kier molecular flexibility index (Phi) is 7.09. The first-order valence-corrected chi connectivity index (χ1v) is 14.8. The van der Waals surface area contributed by atoms with Gasteiger partial charge in [-0.3, -0.25) is 19.8 Å². The van der Waals surface area contributed by atoms with Gasteiger partial charge in [0.05, 0.1) is 19.2 Å². The molecule has 4 atom stereocenters. The van der Waals surface area contributed by atoms with Crippen molar-refractivity contribution in [1.29, 1.82) is 5.41 Å². The Balaban J connectivity index is 1.15. The summed E-state index contributed by atoms with van der Waals surface area (Å²) in [5.74, 6) is -4.51. The van der Waals surface area contributed by atoms with E-state index in [2.05, 4.69) is 10.6 Å². The minimum Gasteiger partial charge on any atom is -0.384 e. The van der Waals surface area contributed by atoms with Crippen molar-refractivity contribution in [3.63, 3.8) is 0 Å². The second-order valence-electron chi connectivity index (χ2n) is 11.5. The summed E-state index contributed by atoms with van der Waals surface area (Å²) in [4.78, 5) is 42.4. The van der Waals surface area contributed by atoms with Crippen molar-refractivity contribution in [2.45, 2.75) is 43.8 Å². The van der Waals surface area contributed by atoms with Crippen LogP contribution in [0.3, 0.4) is 0 Å². The number of carbonyl (C=O) groups excluding carboxylic acids is 3. The van der Waals surface area contributed by atoms with Crippen LogP contribution in [-0.2, 0) is 20.2 Å². The molecule has 1 saturated heterocycles. The Labute approximate surface area is 250 Å². The summed E-state index contributed by atoms with van der Waals surface area (Å²) in [6, 6.07) is 10.7. The number of thiophene rings is 1. The van der Waals surface area contributed by atoms with Crippen LogP contribution in [0.15, 0.2) is 53.9 Å². The maximum atomic E-state index is 14.9. The summed E-state index contributed by atoms with van der Waals surface area (Å²) in [6.45, 7) is 1.88. The van der Waals surface area contributed by atoms with Crippen molar-refractivity contribution in [3.8, 4) is 11.1 Å². The number of rotatable bonds is 9. The molecule has 5 N–H and O–H groups in total. The lowest BCUT2D eigenvalue weighted by Crippen LogP contribution is -2.51. The lowest BCUT2D eigenvalue weighted by atomic mass is 10.00. The van der Waals surface area contributed by atoms with E-state index in [1.807, 2.05) is 6.92 Å². The average Bonchev–Trinajstić information content (AvgIpc) is 3.29. The first-order valence-electron chi connectivity index (χ1n) is 13.9. The second-order valence-corrected chi connectivity index (χ2v) is 12.4. The number of hydrogen-bond donors (Lipinski definition) is 4. The van der Waals surface area contributed by atoms with Crippen molar-refractivity contribution < 1.29 is 27.9 Å². The molecule has 0 unspecified atom stereocenters. The lowest BCUT2D eigenvalue weighted by molar-refractivity contribution is -0.139. The fraction of sp³-hybridized carbons (Fsp3) is 0.355. The number of nitrogen functional groups attached to an aromatic ring is 1. The molecule has 43 heavy (non-hydrogen) atoms. The smallest absolute Gasteiger partial charge is 0.299 e. The summed E-state index contributed by atoms with van der Waals surface area (Å²) < 4.78 is 35.3. The van der Waals surface area contributed by atoms with Crippen molar-refractivity contribution in [1.82, 2.24) is 15.5 Å². The SMILES string of the molecule is COC[C@@]12C[C@@H]1N(C(=O)CNC(=O)c1ccc3c(c1)-c1ccccc1C3(F)F)[C@H](C(=O)N[C@H](C)c1cc(C(=N)N)cs1)C2. The maximum Gasteiger partial charge on any atom is 0.299 e. The minimum atomic E-state index is -3.15. The Morgan fingerprint density at radius 2 is 1.86 bits per heavy atom. The van der Waals surface area contributed by atoms with Crippen LogP contribution in [0.25, 0.3) is 11.1 Å². The largest absolute Gasteiger partial charge is 0.384 e. The Bertz CT molecular complexity index is 1660. The van der Waals surface area contributed by atoms with Crippen LogP contribution in [0.2, 0.25) is 0 Å². The van der Waals surface area contributed by atoms with Crippen LogP contribution in [0.5, 0.6) is 0 Å². The average molecular weight is 608 g/mol. The van der Waals surface area contributed by atoms with E-state index in [-0.39, 0.29) is 58.0 Å². The molecule has 2 heterocycles. The summed E-state index contributed by atoms with van der Waals surface area (Å²) in [7, 11) is 1.58. The highest BCUT2D eigenvalue weighted by Crippen LogP contribution is 2.59. The van der Waals surface area contributed by atoms with E-state index in [4.69, 9.17) is 15.9 Å². The van der Waals surface area contributed by atoms with E-state index in [9.17, 15) is 23.2 Å². The van der Waals surface area contributed by atoms with Crippen LogP contribution in [0, 0.1) is 10.8 Å². The maximum absolute atomic E-state index is 14.9. The number of amides is 3. The first-order chi connectivity index (χ1) is 20.5. The number of ether oxygens (including phenoxy) is 1. The predicted octanol–water partition coefficient (Wildman–Crippen LogP) is 3.77. The number of fused-ring (bicyclic) bond motifs is 4. The molecule has 0 bridgehead atoms. The topological polar surface area (TPSA) is 138 Å². The molecule has 3 aromatic rings. The van der Waals surface area contributed by atoms with Crippen LogP contribution < -0.4 is 16.4 Å². The van der Waals surface area contributed by atoms with Gasteiger partial charge in [0.1, 0.15) is 11.9 Å². The molecule has 9 nitrogen and oxygen atoms in total. The van der Waals surface area contributed by atoms with E-state index >= 15 is 0 Å². The molecular weight excluding hydrogens is 576 g/mol. The highest BCUT2D eigenvalue weighted by atomic mass is 32.1. The van der Waals surface area contributed by atoms with Gasteiger partial charge in [0.2, 0.25) is 11.8 Å². The number of carbonyl (C=O) groups is 3. The van der Waals surface area contributed by atoms with E-state index < -0.39 is 23.8 Å². The molecule has 1 aliphatic heterocycles. The number of nitrogens with two attached hydrogens (primary N) is 1. The fourth-order valence-corrected chi connectivity index (χ4v) is 7.39. The molecule has 2 fully saturated rings. The normalized spacial score (nSPS) is 23.1. The van der Waals surface area contributed by atoms with Gasteiger partial charge in [-0.15, -0.1) is 11.3 Å². The second kappa shape index (κ2) is 10.5. The number of hydrogen-bond acceptors (Lipinski definition) is 6. The molecule has 1 aromatic heterocycles. The van der Waals surface area contributed by atoms with Crippen molar-refractivity contribution >= 4 is 34.9 Å². The molecule has 0 radical (unpaired) electrons. The Hall–Kier alpha value is -4.16. The van der Waals surface area contributed by atoms with Crippen LogP contribution in [-0.4, -0.2) is 60.8 Å². The van der Waals surface area contributed by atoms with Gasteiger partial charge in [0.25, 0.3) is 11.8 Å². The Morgan fingerprint density at radius 1 is 1.12 bits per heavy atom. The van der Waals surface area contributed by atoms with Gasteiger partial charge >= 0.3 is 0 Å². The fourth-order valence-electron chi connectivity index (χ4n) is 6.48. The summed E-state index contributed by atoms with van der Waals surface area (Å²) in [5, 5.41) is 15.0. The minimum absolute atomic E-state index is 0.0557. The molecule has 3 aliphatic rings. The zero-order valence-corrected chi connectivity index (χ0v) is 24.4. The van der Waals surface area contributed by atoms with Crippen LogP contribution >= 0.6 is 11.3 Å². The number of amidine groups is 1. The van der Waals surface area contributed by atoms with Crippen molar-refractivity contribution in [3.05, 3.63) is 81.0 Å². The third-order valence-corrected chi connectivity index (χ3v) is 9.85. The monoisotopic (exact) mass is 607 g/mol. The number of nitrogens with one attached hydrogen (secondary N) is 3. The van der Waals surface area contributed by atoms with Gasteiger partial charge in [0.15, 0.2) is 0 Å². The third-order valence-electron chi connectivity index (χ3n) is 8.73. The van der Waals surface area contributed by atoms with Gasteiger partial charge in [-0.25, -0.2) is 0 Å². The van der Waals surface area contributed by atoms with Crippen LogP contribution in [0.1, 0.15) is 57.7 Å². The van der Waals surface area contributed by atoms with Crippen LogP contribution in [0.4, 0.5) is 8.78 Å². The molecule has 3 amide bonds. The zero-order valence-electron chi connectivity index (χ0n) is 23.6. The molecule has 0 spiro atoms. The molecule has 224 valence electrons. The highest BCUT2D eigenvalue weighted by Gasteiger charge is 2.67. The van der Waals surface area contributed by atoms with E-state index in [0.29, 0.717) is 30.6 Å². The molecule has 2 aliphatic carbocycles. The zero-order chi connectivity index (χ0) is 30.7. The number of benzene rings is 2. The summed E-state index contributed by atoms with van der Waals surface area (Å²) >= 11 is 1.38. The molecule has 1 saturated carbocycles. The Morgan fingerprint density at radius 3 is 2.58 bits per heavy atom. The molecule has 6 rings (SSSR count). The first kappa shape index (κ1) is 28.9.